The van der Waals surface area contributed by atoms with Gasteiger partial charge in [-0.15, -0.1) is 11.8 Å². The number of thioether (sulfide) groups is 1. The normalized spacial score (nSPS) is 14.1. The van der Waals surface area contributed by atoms with Crippen molar-refractivity contribution in [3.05, 3.63) is 89.2 Å². The van der Waals surface area contributed by atoms with Gasteiger partial charge in [0.05, 0.1) is 35.3 Å². The Morgan fingerprint density at radius 3 is 2.32 bits per heavy atom. The summed E-state index contributed by atoms with van der Waals surface area (Å²) < 4.78 is 10.5. The van der Waals surface area contributed by atoms with Crippen LogP contribution in [0.2, 0.25) is 0 Å². The Balaban J connectivity index is 1.71. The topological polar surface area (TPSA) is 59.8 Å². The number of hydrogen-bond acceptors (Lipinski definition) is 5. The van der Waals surface area contributed by atoms with E-state index in [1.54, 1.807) is 43.7 Å². The van der Waals surface area contributed by atoms with E-state index in [0.717, 1.165) is 11.3 Å². The van der Waals surface area contributed by atoms with Gasteiger partial charge in [0, 0.05) is 0 Å². The van der Waals surface area contributed by atoms with Gasteiger partial charge in [0.1, 0.15) is 11.5 Å². The quantitative estimate of drug-likeness (QED) is 0.579. The fourth-order valence-corrected chi connectivity index (χ4v) is 4.02. The average Bonchev–Trinajstić information content (AvgIpc) is 3.33. The van der Waals surface area contributed by atoms with E-state index in [-0.39, 0.29) is 11.8 Å². The molecule has 1 aliphatic heterocycles. The van der Waals surface area contributed by atoms with Crippen molar-refractivity contribution in [1.29, 1.82) is 0 Å². The number of benzene rings is 2. The van der Waals surface area contributed by atoms with E-state index in [2.05, 4.69) is 0 Å². The van der Waals surface area contributed by atoms with Crippen molar-refractivity contribution in [3.8, 4) is 5.75 Å². The van der Waals surface area contributed by atoms with Crippen LogP contribution in [-0.4, -0.2) is 18.9 Å². The molecule has 0 aliphatic carbocycles. The summed E-state index contributed by atoms with van der Waals surface area (Å²) in [4.78, 5) is 28.0. The van der Waals surface area contributed by atoms with E-state index in [4.69, 9.17) is 9.15 Å². The maximum atomic E-state index is 13.2. The minimum absolute atomic E-state index is 0.328. The third-order valence-corrected chi connectivity index (χ3v) is 5.47. The van der Waals surface area contributed by atoms with Crippen molar-refractivity contribution in [3.63, 3.8) is 0 Å². The number of carbonyl (C=O) groups is 2. The summed E-state index contributed by atoms with van der Waals surface area (Å²) in [5, 5.41) is 0. The van der Waals surface area contributed by atoms with E-state index in [9.17, 15) is 9.59 Å². The van der Waals surface area contributed by atoms with Gasteiger partial charge in [0.2, 0.25) is 0 Å². The molecule has 0 saturated heterocycles. The van der Waals surface area contributed by atoms with Crippen molar-refractivity contribution in [2.45, 2.75) is 5.75 Å². The lowest BCUT2D eigenvalue weighted by Gasteiger charge is -2.15. The van der Waals surface area contributed by atoms with Crippen LogP contribution in [0.4, 0.5) is 5.69 Å². The van der Waals surface area contributed by atoms with Crippen LogP contribution in [0.3, 0.4) is 0 Å². The molecular formula is C22H17NO4S. The van der Waals surface area contributed by atoms with E-state index in [1.165, 1.54) is 16.7 Å². The van der Waals surface area contributed by atoms with E-state index >= 15 is 0 Å². The Morgan fingerprint density at radius 2 is 1.68 bits per heavy atom. The first-order chi connectivity index (χ1) is 13.7. The number of hydrogen-bond donors (Lipinski definition) is 0. The largest absolute Gasteiger partial charge is 0.497 e. The zero-order chi connectivity index (χ0) is 19.5. The predicted octanol–water partition coefficient (Wildman–Crippen LogP) is 4.51. The molecule has 1 aliphatic rings. The van der Waals surface area contributed by atoms with Gasteiger partial charge in [-0.1, -0.05) is 30.3 Å². The molecule has 4 rings (SSSR count). The number of ether oxygens (including phenoxy) is 1. The second-order valence-electron chi connectivity index (χ2n) is 6.08. The van der Waals surface area contributed by atoms with Crippen molar-refractivity contribution < 1.29 is 18.7 Å². The minimum atomic E-state index is -0.330. The molecule has 0 bridgehead atoms. The zero-order valence-electron chi connectivity index (χ0n) is 15.1. The van der Waals surface area contributed by atoms with Crippen LogP contribution in [0.15, 0.2) is 82.3 Å². The number of methoxy groups -OCH3 is 1. The Bertz CT molecular complexity index is 1020. The number of imide groups is 1. The highest BCUT2D eigenvalue weighted by Crippen LogP contribution is 2.39. The van der Waals surface area contributed by atoms with Crippen molar-refractivity contribution in [2.75, 3.05) is 12.0 Å². The van der Waals surface area contributed by atoms with Crippen LogP contribution >= 0.6 is 11.8 Å². The average molecular weight is 391 g/mol. The first kappa shape index (κ1) is 18.1. The maximum absolute atomic E-state index is 13.2. The van der Waals surface area contributed by atoms with Gasteiger partial charge < -0.3 is 9.15 Å². The summed E-state index contributed by atoms with van der Waals surface area (Å²) >= 11 is 1.31. The summed E-state index contributed by atoms with van der Waals surface area (Å²) in [7, 11) is 1.57. The van der Waals surface area contributed by atoms with Gasteiger partial charge in [-0.25, -0.2) is 4.90 Å². The SMILES string of the molecule is COc1ccc(N2C(=O)C(SCc3ccco3)=C(c3ccccc3)C2=O)cc1. The molecule has 5 nitrogen and oxygen atoms in total. The molecule has 2 amide bonds. The number of carbonyl (C=O) groups excluding carboxylic acids is 2. The Hall–Kier alpha value is -3.25. The van der Waals surface area contributed by atoms with E-state index in [1.807, 2.05) is 36.4 Å². The molecule has 2 aromatic carbocycles. The Labute approximate surface area is 166 Å². The number of rotatable bonds is 6. The Morgan fingerprint density at radius 1 is 0.929 bits per heavy atom. The lowest BCUT2D eigenvalue weighted by Crippen LogP contribution is -2.31. The van der Waals surface area contributed by atoms with Crippen molar-refractivity contribution >= 4 is 34.8 Å². The van der Waals surface area contributed by atoms with Crippen LogP contribution in [0.25, 0.3) is 5.57 Å². The van der Waals surface area contributed by atoms with Gasteiger partial charge in [-0.05, 0) is 42.0 Å². The fourth-order valence-electron chi connectivity index (χ4n) is 3.01. The van der Waals surface area contributed by atoms with Crippen LogP contribution in [0.5, 0.6) is 5.75 Å². The highest BCUT2D eigenvalue weighted by atomic mass is 32.2. The predicted molar refractivity (Wildman–Crippen MR) is 109 cm³/mol. The summed E-state index contributed by atoms with van der Waals surface area (Å²) in [5.74, 6) is 1.21. The summed E-state index contributed by atoms with van der Waals surface area (Å²) in [6.45, 7) is 0. The second kappa shape index (κ2) is 7.78. The molecule has 28 heavy (non-hydrogen) atoms. The molecule has 140 valence electrons. The molecule has 3 aromatic rings. The van der Waals surface area contributed by atoms with Crippen molar-refractivity contribution in [2.24, 2.45) is 0 Å². The third-order valence-electron chi connectivity index (χ3n) is 4.37. The minimum Gasteiger partial charge on any atom is -0.497 e. The monoisotopic (exact) mass is 391 g/mol. The first-order valence-electron chi connectivity index (χ1n) is 8.67. The third kappa shape index (κ3) is 3.34. The lowest BCUT2D eigenvalue weighted by atomic mass is 10.1. The van der Waals surface area contributed by atoms with Crippen molar-refractivity contribution in [1.82, 2.24) is 0 Å². The van der Waals surface area contributed by atoms with Gasteiger partial charge in [-0.2, -0.15) is 0 Å². The molecular weight excluding hydrogens is 374 g/mol. The summed E-state index contributed by atoms with van der Waals surface area (Å²) in [5.41, 5.74) is 1.65. The zero-order valence-corrected chi connectivity index (χ0v) is 15.9. The van der Waals surface area contributed by atoms with Gasteiger partial charge in [-0.3, -0.25) is 9.59 Å². The molecule has 0 radical (unpaired) electrons. The van der Waals surface area contributed by atoms with Gasteiger partial charge in [0.15, 0.2) is 0 Å². The van der Waals surface area contributed by atoms with E-state index < -0.39 is 0 Å². The molecule has 6 heteroatoms. The van der Waals surface area contributed by atoms with E-state index in [0.29, 0.717) is 27.7 Å². The smallest absolute Gasteiger partial charge is 0.272 e. The molecule has 0 spiro atoms. The Kier molecular flexibility index (Phi) is 5.04. The number of anilines is 1. The highest BCUT2D eigenvalue weighted by Gasteiger charge is 2.40. The number of amides is 2. The molecule has 0 N–H and O–H groups in total. The number of nitrogens with zero attached hydrogens (tertiary/aromatic N) is 1. The molecule has 0 fully saturated rings. The van der Waals surface area contributed by atoms with Gasteiger partial charge in [0.25, 0.3) is 11.8 Å². The van der Waals surface area contributed by atoms with Crippen LogP contribution < -0.4 is 9.64 Å². The summed E-state index contributed by atoms with van der Waals surface area (Å²) in [6, 6.07) is 19.8. The van der Waals surface area contributed by atoms with Crippen LogP contribution in [0, 0.1) is 0 Å². The summed E-state index contributed by atoms with van der Waals surface area (Å²) in [6.07, 6.45) is 1.59. The second-order valence-corrected chi connectivity index (χ2v) is 7.07. The fraction of sp³-hybridized carbons (Fsp3) is 0.0909. The molecule has 0 saturated carbocycles. The van der Waals surface area contributed by atoms with Gasteiger partial charge >= 0.3 is 0 Å². The maximum Gasteiger partial charge on any atom is 0.272 e. The number of furan rings is 1. The standard InChI is InChI=1S/C22H17NO4S/c1-26-17-11-9-16(10-12-17)23-21(24)19(15-6-3-2-4-7-15)20(22(23)25)28-14-18-8-5-13-27-18/h2-13H,14H2,1H3. The first-order valence-corrected chi connectivity index (χ1v) is 9.65. The highest BCUT2D eigenvalue weighted by molar-refractivity contribution is 8.03. The molecule has 0 unspecified atom stereocenters. The lowest BCUT2D eigenvalue weighted by molar-refractivity contribution is -0.119. The molecule has 1 aromatic heterocycles. The molecule has 0 atom stereocenters. The molecule has 2 heterocycles. The van der Waals surface area contributed by atoms with Crippen LogP contribution in [0.1, 0.15) is 11.3 Å². The van der Waals surface area contributed by atoms with Crippen LogP contribution in [-0.2, 0) is 15.3 Å².